The summed E-state index contributed by atoms with van der Waals surface area (Å²) >= 11 is 0. The average molecular weight is 735 g/mol. The summed E-state index contributed by atoms with van der Waals surface area (Å²) in [7, 11) is 0. The van der Waals surface area contributed by atoms with Gasteiger partial charge >= 0.3 is 0 Å². The third-order valence-electron chi connectivity index (χ3n) is 14.7. The molecule has 4 heteroatoms. The van der Waals surface area contributed by atoms with Crippen molar-refractivity contribution in [3.63, 3.8) is 0 Å². The van der Waals surface area contributed by atoms with Crippen molar-refractivity contribution in [3.05, 3.63) is 129 Å². The molecule has 0 spiro atoms. The number of rotatable bonds is 6. The van der Waals surface area contributed by atoms with Crippen LogP contribution in [-0.4, -0.2) is 11.6 Å². The van der Waals surface area contributed by atoms with Crippen LogP contribution in [0.2, 0.25) is 0 Å². The van der Waals surface area contributed by atoms with E-state index in [1.165, 1.54) is 0 Å². The fourth-order valence-corrected chi connectivity index (χ4v) is 13.2. The molecule has 5 aliphatic carbocycles. The van der Waals surface area contributed by atoms with E-state index < -0.39 is 48.7 Å². The maximum atomic E-state index is 15.9. The average Bonchev–Trinajstić information content (AvgIpc) is 3.85. The quantitative estimate of drug-likeness (QED) is 0.185. The number of ketones is 2. The first-order valence-electron chi connectivity index (χ1n) is 20.2. The molecule has 9 rings (SSSR count). The topological polar surface area (TPSA) is 73.9 Å². The number of Topliss-reactive ketones (excluding diaryl/α,β-unsaturated/α-hetero) is 2. The lowest BCUT2D eigenvalue weighted by molar-refractivity contribution is 0.0422. The minimum absolute atomic E-state index is 0.0134. The Bertz CT molecular complexity index is 2070. The smallest absolute Gasteiger partial charge is 0.186 e. The van der Waals surface area contributed by atoms with Crippen molar-refractivity contribution in [2.45, 2.75) is 129 Å². The van der Waals surface area contributed by atoms with Gasteiger partial charge in [-0.2, -0.15) is 0 Å². The number of hydrogen-bond acceptors (Lipinski definition) is 2. The van der Waals surface area contributed by atoms with E-state index in [0.29, 0.717) is 11.1 Å². The van der Waals surface area contributed by atoms with Crippen molar-refractivity contribution < 1.29 is 19.8 Å². The summed E-state index contributed by atoms with van der Waals surface area (Å²) in [6.45, 7) is 29.6. The molecule has 286 valence electrons. The van der Waals surface area contributed by atoms with Gasteiger partial charge in [-0.05, 0) is 50.0 Å². The first kappa shape index (κ1) is 37.7. The van der Waals surface area contributed by atoms with Gasteiger partial charge in [0.05, 0.1) is 10.8 Å². The van der Waals surface area contributed by atoms with Gasteiger partial charge in [-0.3, -0.25) is 19.8 Å². The van der Waals surface area contributed by atoms with Gasteiger partial charge in [-0.25, -0.2) is 0 Å². The number of carbonyl (C=O) groups excluding carboxylic acids is 2. The molecule has 0 aliphatic heterocycles. The zero-order valence-electron chi connectivity index (χ0n) is 35.4. The van der Waals surface area contributed by atoms with Crippen LogP contribution in [0.5, 0.6) is 11.5 Å². The Morgan fingerprint density at radius 2 is 0.709 bits per heavy atom. The SMILES string of the molecule is CC(C)(C)c1cc(C23C4C(C)(C)C5C(C(=O)c6ccccc6)(C42C(=O)c2ccccc2)C53c2cc(C(C)(C)C)c([O])c(C(C)(C)C)c2)cc(C(C)(C)C)c1[O]. The van der Waals surface area contributed by atoms with Gasteiger partial charge in [0.15, 0.2) is 23.1 Å². The largest absolute Gasteiger partial charge is 0.293 e. The molecule has 0 amide bonds. The summed E-state index contributed by atoms with van der Waals surface area (Å²) in [6, 6.07) is 27.6. The summed E-state index contributed by atoms with van der Waals surface area (Å²) in [6.07, 6.45) is 0. The van der Waals surface area contributed by atoms with Gasteiger partial charge in [0.1, 0.15) is 0 Å². The molecule has 5 saturated carbocycles. The summed E-state index contributed by atoms with van der Waals surface area (Å²) < 4.78 is 0. The van der Waals surface area contributed by atoms with Crippen LogP contribution in [0.25, 0.3) is 0 Å². The fourth-order valence-electron chi connectivity index (χ4n) is 13.2. The number of benzene rings is 4. The van der Waals surface area contributed by atoms with E-state index in [2.05, 4.69) is 121 Å². The van der Waals surface area contributed by atoms with E-state index in [-0.39, 0.29) is 34.9 Å². The molecule has 0 saturated heterocycles. The monoisotopic (exact) mass is 734 g/mol. The fraction of sp³-hybridized carbons (Fsp3) is 0.490. The highest BCUT2D eigenvalue weighted by Crippen LogP contribution is 3.18. The van der Waals surface area contributed by atoms with E-state index in [0.717, 1.165) is 33.4 Å². The molecule has 4 nitrogen and oxygen atoms in total. The molecule has 2 radical (unpaired) electrons. The molecule has 0 heterocycles. The normalized spacial score (nSPS) is 30.0. The Labute approximate surface area is 328 Å². The van der Waals surface area contributed by atoms with Gasteiger partial charge in [-0.1, -0.05) is 182 Å². The summed E-state index contributed by atoms with van der Waals surface area (Å²) in [5, 5.41) is 29.0. The Morgan fingerprint density at radius 1 is 0.455 bits per heavy atom. The molecule has 55 heavy (non-hydrogen) atoms. The Hall–Kier alpha value is -4.18. The van der Waals surface area contributed by atoms with E-state index in [9.17, 15) is 10.2 Å². The molecule has 5 fully saturated rings. The number of carbonyl (C=O) groups is 2. The second-order valence-corrected chi connectivity index (χ2v) is 22.1. The van der Waals surface area contributed by atoms with Crippen LogP contribution in [0.15, 0.2) is 84.9 Å². The van der Waals surface area contributed by atoms with E-state index in [4.69, 9.17) is 0 Å². The Morgan fingerprint density at radius 3 is 0.945 bits per heavy atom. The summed E-state index contributed by atoms with van der Waals surface area (Å²) in [5.74, 6) is -0.245. The van der Waals surface area contributed by atoms with Crippen molar-refractivity contribution in [3.8, 4) is 11.5 Å². The van der Waals surface area contributed by atoms with E-state index in [1.54, 1.807) is 0 Å². The van der Waals surface area contributed by atoms with Crippen molar-refractivity contribution in [2.24, 2.45) is 28.1 Å². The van der Waals surface area contributed by atoms with Crippen molar-refractivity contribution in [1.29, 1.82) is 0 Å². The van der Waals surface area contributed by atoms with Crippen LogP contribution >= 0.6 is 0 Å². The van der Waals surface area contributed by atoms with Crippen molar-refractivity contribution in [2.75, 3.05) is 0 Å². The maximum Gasteiger partial charge on any atom is 0.186 e. The van der Waals surface area contributed by atoms with Crippen molar-refractivity contribution in [1.82, 2.24) is 0 Å². The van der Waals surface area contributed by atoms with E-state index in [1.807, 2.05) is 60.7 Å². The Balaban J connectivity index is 1.58. The third-order valence-corrected chi connectivity index (χ3v) is 14.7. The second kappa shape index (κ2) is 10.6. The lowest BCUT2D eigenvalue weighted by Gasteiger charge is -2.50. The van der Waals surface area contributed by atoms with Crippen LogP contribution in [0.3, 0.4) is 0 Å². The van der Waals surface area contributed by atoms with Gasteiger partial charge in [0, 0.05) is 44.2 Å². The predicted octanol–water partition coefficient (Wildman–Crippen LogP) is 12.4. The summed E-state index contributed by atoms with van der Waals surface area (Å²) in [5.41, 5.74) is 0.103. The second-order valence-electron chi connectivity index (χ2n) is 22.1. The molecule has 0 aromatic heterocycles. The first-order chi connectivity index (χ1) is 25.2. The molecular weight excluding hydrogens is 677 g/mol. The molecule has 6 unspecified atom stereocenters. The lowest BCUT2D eigenvalue weighted by Crippen LogP contribution is -2.58. The minimum Gasteiger partial charge on any atom is -0.293 e. The zero-order chi connectivity index (χ0) is 40.5. The molecule has 4 aromatic rings. The molecule has 2 bridgehead atoms. The molecule has 5 aliphatic rings. The van der Waals surface area contributed by atoms with Gasteiger partial charge < -0.3 is 0 Å². The maximum absolute atomic E-state index is 15.9. The predicted molar refractivity (Wildman–Crippen MR) is 218 cm³/mol. The minimum atomic E-state index is -1.06. The third kappa shape index (κ3) is 4.05. The zero-order valence-corrected chi connectivity index (χ0v) is 35.4. The standard InChI is InChI=1S/C51H58O4/c1-43(2,3)33-25-31(26-34(37(33)52)44(4,5)6)48-41-47(13,14)42-49(48,32-27-35(45(7,8)9)38(53)36(28-32)46(10,11)12)51(42,40(55)30-23-19-16-20-24-30)50(41,48)39(54)29-21-17-15-18-22-29/h15-28,41-42H,1-14H3. The summed E-state index contributed by atoms with van der Waals surface area (Å²) in [4.78, 5) is 31.8. The van der Waals surface area contributed by atoms with Crippen LogP contribution < -0.4 is 0 Å². The van der Waals surface area contributed by atoms with Gasteiger partial charge in [-0.15, -0.1) is 0 Å². The molecule has 4 aromatic carbocycles. The lowest BCUT2D eigenvalue weighted by atomic mass is 9.48. The molecule has 0 N–H and O–H groups in total. The highest BCUT2D eigenvalue weighted by atomic mass is 16.3. The van der Waals surface area contributed by atoms with Crippen LogP contribution in [0, 0.1) is 28.1 Å². The molecular formula is C51H58O4. The van der Waals surface area contributed by atoms with E-state index >= 15 is 9.59 Å². The van der Waals surface area contributed by atoms with Crippen LogP contribution in [0.4, 0.5) is 0 Å². The first-order valence-corrected chi connectivity index (χ1v) is 20.2. The van der Waals surface area contributed by atoms with Gasteiger partial charge in [0.25, 0.3) is 0 Å². The van der Waals surface area contributed by atoms with Crippen LogP contribution in [0.1, 0.15) is 151 Å². The Kier molecular flexibility index (Phi) is 7.27. The van der Waals surface area contributed by atoms with Crippen LogP contribution in [-0.2, 0) is 42.7 Å². The highest BCUT2D eigenvalue weighted by molar-refractivity contribution is 6.22. The van der Waals surface area contributed by atoms with Crippen molar-refractivity contribution >= 4 is 11.6 Å². The number of hydrogen-bond donors (Lipinski definition) is 0. The molecule has 6 atom stereocenters. The van der Waals surface area contributed by atoms with Gasteiger partial charge in [0.2, 0.25) is 0 Å². The highest BCUT2D eigenvalue weighted by Gasteiger charge is 3.24.